The van der Waals surface area contributed by atoms with E-state index in [0.717, 1.165) is 5.56 Å². The lowest BCUT2D eigenvalue weighted by Gasteiger charge is -2.31. The largest absolute Gasteiger partial charge is 0.508 e. The number of phenols is 1. The molecule has 14 heteroatoms. The molecule has 2 aromatic carbocycles. The standard InChI is InChI=1S/C41H61N7O7/c1-7-26(6)35-41(55)46-32(23-28-16-18-29(49)19-17-28)37(51)43-30(15-11-12-20-42)36(50)44-33(22-27-13-9-8-10-14-27)39(53)47-34(25(4)5)40(54)45-31(21-24(2)3)38(52)48-35/h8-10,13-14,16-19,24-26,30-35,49H,7,11-12,15,20-23,42H2,1-6H3,(H,43,51)(H,44,50)(H,45,54)(H,46,55)(H,47,53)(H,48,52). The fourth-order valence-corrected chi connectivity index (χ4v) is 6.41. The third-order valence-electron chi connectivity index (χ3n) is 9.88. The van der Waals surface area contributed by atoms with Gasteiger partial charge in [0.15, 0.2) is 0 Å². The van der Waals surface area contributed by atoms with Crippen LogP contribution in [0.4, 0.5) is 0 Å². The number of hydrogen-bond donors (Lipinski definition) is 8. The van der Waals surface area contributed by atoms with Crippen molar-refractivity contribution in [3.05, 3.63) is 65.7 Å². The van der Waals surface area contributed by atoms with Crippen LogP contribution in [0.15, 0.2) is 54.6 Å². The van der Waals surface area contributed by atoms with Crippen LogP contribution >= 0.6 is 0 Å². The Kier molecular flexibility index (Phi) is 17.6. The summed E-state index contributed by atoms with van der Waals surface area (Å²) in [5.41, 5.74) is 7.13. The van der Waals surface area contributed by atoms with Gasteiger partial charge in [0.2, 0.25) is 35.4 Å². The van der Waals surface area contributed by atoms with Crippen LogP contribution in [0, 0.1) is 17.8 Å². The number of aromatic hydroxyl groups is 1. The van der Waals surface area contributed by atoms with Gasteiger partial charge >= 0.3 is 0 Å². The average molecular weight is 764 g/mol. The molecule has 1 aliphatic heterocycles. The van der Waals surface area contributed by atoms with Gasteiger partial charge in [-0.1, -0.05) is 90.4 Å². The van der Waals surface area contributed by atoms with Crippen molar-refractivity contribution in [1.82, 2.24) is 31.9 Å². The Morgan fingerprint density at radius 2 is 1.05 bits per heavy atom. The molecule has 9 N–H and O–H groups in total. The summed E-state index contributed by atoms with van der Waals surface area (Å²) in [6.45, 7) is 11.4. The number of unbranched alkanes of at least 4 members (excludes halogenated alkanes) is 1. The zero-order valence-corrected chi connectivity index (χ0v) is 33.0. The number of phenolic OH excluding ortho intramolecular Hbond substituents is 1. The fraction of sp³-hybridized carbons (Fsp3) is 0.561. The van der Waals surface area contributed by atoms with Gasteiger partial charge in [0.1, 0.15) is 42.0 Å². The van der Waals surface area contributed by atoms with Gasteiger partial charge in [-0.2, -0.15) is 0 Å². The number of rotatable bonds is 13. The van der Waals surface area contributed by atoms with Crippen LogP contribution in [0.25, 0.3) is 0 Å². The second-order valence-electron chi connectivity index (χ2n) is 15.3. The Balaban J connectivity index is 2.15. The Hall–Kier alpha value is -4.98. The van der Waals surface area contributed by atoms with Crippen molar-refractivity contribution >= 4 is 35.4 Å². The van der Waals surface area contributed by atoms with E-state index in [-0.39, 0.29) is 43.3 Å². The lowest BCUT2D eigenvalue weighted by molar-refractivity contribution is -0.137. The van der Waals surface area contributed by atoms with Crippen LogP contribution in [-0.2, 0) is 41.6 Å². The van der Waals surface area contributed by atoms with E-state index >= 15 is 0 Å². The van der Waals surface area contributed by atoms with E-state index < -0.39 is 77.6 Å². The SMILES string of the molecule is CCC(C)C1NC(=O)C(CC(C)C)NC(=O)C(C(C)C)NC(=O)C(Cc2ccccc2)NC(=O)C(CCCCN)NC(=O)C(Cc2ccc(O)cc2)NC1=O. The predicted molar refractivity (Wildman–Crippen MR) is 210 cm³/mol. The van der Waals surface area contributed by atoms with E-state index in [0.29, 0.717) is 31.4 Å². The molecule has 1 fully saturated rings. The van der Waals surface area contributed by atoms with E-state index in [2.05, 4.69) is 31.9 Å². The molecular formula is C41H61N7O7. The van der Waals surface area contributed by atoms with Gasteiger partial charge < -0.3 is 42.7 Å². The summed E-state index contributed by atoms with van der Waals surface area (Å²) < 4.78 is 0. The first-order valence-electron chi connectivity index (χ1n) is 19.5. The summed E-state index contributed by atoms with van der Waals surface area (Å²) >= 11 is 0. The Bertz CT molecular complexity index is 1590. The van der Waals surface area contributed by atoms with Gasteiger partial charge in [0, 0.05) is 12.8 Å². The number of carbonyl (C=O) groups excluding carboxylic acids is 6. The van der Waals surface area contributed by atoms with Crippen LogP contribution < -0.4 is 37.6 Å². The van der Waals surface area contributed by atoms with Crippen molar-refractivity contribution in [2.24, 2.45) is 23.5 Å². The molecule has 0 aliphatic carbocycles. The maximum Gasteiger partial charge on any atom is 0.243 e. The topological polar surface area (TPSA) is 221 Å². The fourth-order valence-electron chi connectivity index (χ4n) is 6.41. The number of nitrogens with one attached hydrogen (secondary N) is 6. The highest BCUT2D eigenvalue weighted by Gasteiger charge is 2.37. The van der Waals surface area contributed by atoms with E-state index in [9.17, 15) is 33.9 Å². The first kappa shape index (κ1) is 44.4. The molecule has 0 bridgehead atoms. The van der Waals surface area contributed by atoms with Gasteiger partial charge in [-0.25, -0.2) is 0 Å². The normalized spacial score (nSPS) is 24.1. The lowest BCUT2D eigenvalue weighted by Crippen LogP contribution is -2.63. The highest BCUT2D eigenvalue weighted by molar-refractivity contribution is 5.98. The monoisotopic (exact) mass is 763 g/mol. The number of amides is 6. The van der Waals surface area contributed by atoms with Gasteiger partial charge in [0.25, 0.3) is 0 Å². The van der Waals surface area contributed by atoms with Crippen molar-refractivity contribution < 1.29 is 33.9 Å². The molecule has 0 aromatic heterocycles. The van der Waals surface area contributed by atoms with Crippen LogP contribution in [0.1, 0.15) is 84.8 Å². The molecule has 1 heterocycles. The molecule has 302 valence electrons. The summed E-state index contributed by atoms with van der Waals surface area (Å²) in [6, 6.07) is 8.59. The van der Waals surface area contributed by atoms with Gasteiger partial charge in [0.05, 0.1) is 0 Å². The van der Waals surface area contributed by atoms with Crippen molar-refractivity contribution in [2.75, 3.05) is 6.54 Å². The Morgan fingerprint density at radius 1 is 0.582 bits per heavy atom. The highest BCUT2D eigenvalue weighted by atomic mass is 16.3. The minimum atomic E-state index is -1.20. The molecule has 3 rings (SSSR count). The summed E-state index contributed by atoms with van der Waals surface area (Å²) in [7, 11) is 0. The molecule has 7 unspecified atom stereocenters. The number of nitrogens with two attached hydrogens (primary N) is 1. The van der Waals surface area contributed by atoms with Crippen molar-refractivity contribution in [3.63, 3.8) is 0 Å². The van der Waals surface area contributed by atoms with Gasteiger partial charge in [-0.3, -0.25) is 28.8 Å². The van der Waals surface area contributed by atoms with E-state index in [1.807, 2.05) is 51.1 Å². The molecule has 0 saturated carbocycles. The summed E-state index contributed by atoms with van der Waals surface area (Å²) in [6.07, 6.45) is 2.07. The third kappa shape index (κ3) is 14.0. The maximum absolute atomic E-state index is 14.2. The second kappa shape index (κ2) is 21.8. The molecule has 1 saturated heterocycles. The smallest absolute Gasteiger partial charge is 0.243 e. The summed E-state index contributed by atoms with van der Waals surface area (Å²) in [5, 5.41) is 26.9. The van der Waals surface area contributed by atoms with Crippen molar-refractivity contribution in [1.29, 1.82) is 0 Å². The molecule has 2 aromatic rings. The van der Waals surface area contributed by atoms with E-state index in [1.54, 1.807) is 32.9 Å². The second-order valence-corrected chi connectivity index (χ2v) is 15.3. The molecule has 7 atom stereocenters. The first-order valence-corrected chi connectivity index (χ1v) is 19.5. The van der Waals surface area contributed by atoms with Crippen LogP contribution in [0.2, 0.25) is 0 Å². The number of carbonyl (C=O) groups is 6. The number of benzene rings is 2. The zero-order valence-electron chi connectivity index (χ0n) is 33.0. The van der Waals surface area contributed by atoms with Crippen LogP contribution in [0.5, 0.6) is 5.75 Å². The number of hydrogen-bond acceptors (Lipinski definition) is 8. The van der Waals surface area contributed by atoms with Crippen LogP contribution in [-0.4, -0.2) is 83.3 Å². The molecular weight excluding hydrogens is 702 g/mol. The zero-order chi connectivity index (χ0) is 40.7. The molecule has 0 radical (unpaired) electrons. The first-order chi connectivity index (χ1) is 26.1. The highest BCUT2D eigenvalue weighted by Crippen LogP contribution is 2.16. The minimum Gasteiger partial charge on any atom is -0.508 e. The molecule has 1 aliphatic rings. The molecule has 14 nitrogen and oxygen atoms in total. The average Bonchev–Trinajstić information content (AvgIpc) is 3.14. The molecule has 55 heavy (non-hydrogen) atoms. The van der Waals surface area contributed by atoms with E-state index in [1.165, 1.54) is 12.1 Å². The van der Waals surface area contributed by atoms with Crippen molar-refractivity contribution in [3.8, 4) is 5.75 Å². The maximum atomic E-state index is 14.2. The van der Waals surface area contributed by atoms with Gasteiger partial charge in [-0.15, -0.1) is 0 Å². The minimum absolute atomic E-state index is 0.00216. The molecule has 0 spiro atoms. The third-order valence-corrected chi connectivity index (χ3v) is 9.88. The van der Waals surface area contributed by atoms with Gasteiger partial charge in [-0.05, 0) is 73.2 Å². The molecule has 6 amide bonds. The Labute approximate surface area is 324 Å². The quantitative estimate of drug-likeness (QED) is 0.141. The predicted octanol–water partition coefficient (Wildman–Crippen LogP) is 1.98. The van der Waals surface area contributed by atoms with E-state index in [4.69, 9.17) is 5.73 Å². The lowest BCUT2D eigenvalue weighted by atomic mass is 9.95. The summed E-state index contributed by atoms with van der Waals surface area (Å²) in [5.74, 6) is -4.45. The van der Waals surface area contributed by atoms with Crippen molar-refractivity contribution in [2.45, 2.75) is 123 Å². The van der Waals surface area contributed by atoms with Crippen LogP contribution in [0.3, 0.4) is 0 Å². The summed E-state index contributed by atoms with van der Waals surface area (Å²) in [4.78, 5) is 84.4. The Morgan fingerprint density at radius 3 is 1.62 bits per heavy atom.